The highest BCUT2D eigenvalue weighted by atomic mass is 127. The van der Waals surface area contributed by atoms with Gasteiger partial charge in [0.05, 0.1) is 12.7 Å². The van der Waals surface area contributed by atoms with Gasteiger partial charge in [0.25, 0.3) is 0 Å². The van der Waals surface area contributed by atoms with Gasteiger partial charge in [-0.3, -0.25) is 4.68 Å². The first-order valence-corrected chi connectivity index (χ1v) is 8.22. The first-order chi connectivity index (χ1) is 10.1. The van der Waals surface area contributed by atoms with E-state index >= 15 is 0 Å². The molecule has 0 aliphatic carbocycles. The van der Waals surface area contributed by atoms with Crippen molar-refractivity contribution in [2.75, 3.05) is 0 Å². The smallest absolute Gasteiger partial charge is 0.124 e. The van der Waals surface area contributed by atoms with Crippen LogP contribution in [0.3, 0.4) is 0 Å². The van der Waals surface area contributed by atoms with Gasteiger partial charge in [-0.05, 0) is 51.9 Å². The zero-order valence-electron chi connectivity index (χ0n) is 10.9. The third-order valence-corrected chi connectivity index (χ3v) is 4.84. The van der Waals surface area contributed by atoms with Crippen molar-refractivity contribution in [2.45, 2.75) is 6.54 Å². The van der Waals surface area contributed by atoms with Crippen LogP contribution in [-0.2, 0) is 6.54 Å². The fourth-order valence-corrected chi connectivity index (χ4v) is 3.28. The Morgan fingerprint density at radius 3 is 2.76 bits per heavy atom. The Balaban J connectivity index is 1.87. The minimum atomic E-state index is -0.245. The van der Waals surface area contributed by atoms with E-state index in [-0.39, 0.29) is 5.82 Å². The number of aromatic nitrogens is 2. The van der Waals surface area contributed by atoms with Gasteiger partial charge in [-0.1, -0.05) is 40.2 Å². The molecule has 0 radical (unpaired) electrons. The van der Waals surface area contributed by atoms with Crippen molar-refractivity contribution in [1.29, 1.82) is 0 Å². The van der Waals surface area contributed by atoms with Gasteiger partial charge >= 0.3 is 0 Å². The molecule has 1 heterocycles. The molecule has 0 amide bonds. The Bertz CT molecular complexity index is 785. The zero-order valence-corrected chi connectivity index (χ0v) is 14.7. The SMILES string of the molecule is Fc1ccc(Cn2cc(-c3ccccc3I)cn2)c(Br)c1. The van der Waals surface area contributed by atoms with Crippen LogP contribution in [0.4, 0.5) is 4.39 Å². The summed E-state index contributed by atoms with van der Waals surface area (Å²) in [5.74, 6) is -0.245. The molecular formula is C16H11BrFIN2. The van der Waals surface area contributed by atoms with Crippen LogP contribution < -0.4 is 0 Å². The lowest BCUT2D eigenvalue weighted by molar-refractivity contribution is 0.623. The summed E-state index contributed by atoms with van der Waals surface area (Å²) in [6.45, 7) is 0.601. The molecule has 0 aliphatic heterocycles. The van der Waals surface area contributed by atoms with Crippen molar-refractivity contribution in [1.82, 2.24) is 9.78 Å². The van der Waals surface area contributed by atoms with Crippen LogP contribution in [0.15, 0.2) is 59.3 Å². The molecule has 106 valence electrons. The van der Waals surface area contributed by atoms with Gasteiger partial charge in [0, 0.05) is 19.8 Å². The van der Waals surface area contributed by atoms with E-state index in [0.717, 1.165) is 15.6 Å². The molecular weight excluding hydrogens is 446 g/mol. The molecule has 2 nitrogen and oxygen atoms in total. The quantitative estimate of drug-likeness (QED) is 0.501. The number of rotatable bonds is 3. The summed E-state index contributed by atoms with van der Waals surface area (Å²) in [6.07, 6.45) is 3.86. The van der Waals surface area contributed by atoms with E-state index in [9.17, 15) is 4.39 Å². The lowest BCUT2D eigenvalue weighted by Gasteiger charge is -2.05. The van der Waals surface area contributed by atoms with Gasteiger partial charge in [0.2, 0.25) is 0 Å². The van der Waals surface area contributed by atoms with Crippen molar-refractivity contribution >= 4 is 38.5 Å². The Kier molecular flexibility index (Phi) is 4.40. The fraction of sp³-hybridized carbons (Fsp3) is 0.0625. The fourth-order valence-electron chi connectivity index (χ4n) is 2.11. The average Bonchev–Trinajstić information content (AvgIpc) is 2.91. The lowest BCUT2D eigenvalue weighted by Crippen LogP contribution is -2.00. The number of benzene rings is 2. The molecule has 0 saturated carbocycles. The van der Waals surface area contributed by atoms with Gasteiger partial charge in [0.15, 0.2) is 0 Å². The van der Waals surface area contributed by atoms with E-state index in [1.807, 2.05) is 29.2 Å². The number of hydrogen-bond donors (Lipinski definition) is 0. The van der Waals surface area contributed by atoms with E-state index in [0.29, 0.717) is 6.54 Å². The second-order valence-corrected chi connectivity index (χ2v) is 6.66. The predicted molar refractivity (Wildman–Crippen MR) is 93.6 cm³/mol. The van der Waals surface area contributed by atoms with E-state index in [1.165, 1.54) is 21.3 Å². The molecule has 3 rings (SSSR count). The summed E-state index contributed by atoms with van der Waals surface area (Å²) >= 11 is 5.71. The summed E-state index contributed by atoms with van der Waals surface area (Å²) < 4.78 is 16.9. The molecule has 0 N–H and O–H groups in total. The van der Waals surface area contributed by atoms with Crippen LogP contribution >= 0.6 is 38.5 Å². The summed E-state index contributed by atoms with van der Waals surface area (Å²) in [5.41, 5.74) is 3.24. The zero-order chi connectivity index (χ0) is 14.8. The molecule has 5 heteroatoms. The summed E-state index contributed by atoms with van der Waals surface area (Å²) in [4.78, 5) is 0. The largest absolute Gasteiger partial charge is 0.268 e. The molecule has 0 bridgehead atoms. The normalized spacial score (nSPS) is 10.8. The van der Waals surface area contributed by atoms with Gasteiger partial charge < -0.3 is 0 Å². The maximum absolute atomic E-state index is 13.1. The van der Waals surface area contributed by atoms with Crippen molar-refractivity contribution < 1.29 is 4.39 Å². The number of halogens is 3. The van der Waals surface area contributed by atoms with Crippen LogP contribution in [0.5, 0.6) is 0 Å². The van der Waals surface area contributed by atoms with Crippen molar-refractivity contribution in [3.8, 4) is 11.1 Å². The van der Waals surface area contributed by atoms with E-state index < -0.39 is 0 Å². The molecule has 0 saturated heterocycles. The highest BCUT2D eigenvalue weighted by Crippen LogP contribution is 2.25. The van der Waals surface area contributed by atoms with Crippen molar-refractivity contribution in [3.05, 3.63) is 74.3 Å². The molecule has 0 atom stereocenters. The lowest BCUT2D eigenvalue weighted by atomic mass is 10.1. The maximum atomic E-state index is 13.1. The predicted octanol–water partition coefficient (Wildman–Crippen LogP) is 5.10. The summed E-state index contributed by atoms with van der Waals surface area (Å²) in [6, 6.07) is 12.9. The molecule has 0 fully saturated rings. The molecule has 0 aliphatic rings. The van der Waals surface area contributed by atoms with Crippen molar-refractivity contribution in [2.24, 2.45) is 0 Å². The minimum absolute atomic E-state index is 0.245. The number of nitrogens with zero attached hydrogens (tertiary/aromatic N) is 2. The maximum Gasteiger partial charge on any atom is 0.124 e. The van der Waals surface area contributed by atoms with Gasteiger partial charge in [-0.25, -0.2) is 4.39 Å². The van der Waals surface area contributed by atoms with Crippen LogP contribution in [0.1, 0.15) is 5.56 Å². The monoisotopic (exact) mass is 456 g/mol. The topological polar surface area (TPSA) is 17.8 Å². The number of hydrogen-bond acceptors (Lipinski definition) is 1. The molecule has 2 aromatic carbocycles. The molecule has 1 aromatic heterocycles. The molecule has 0 spiro atoms. The van der Waals surface area contributed by atoms with Gasteiger partial charge in [-0.2, -0.15) is 5.10 Å². The molecule has 0 unspecified atom stereocenters. The third-order valence-electron chi connectivity index (χ3n) is 3.17. The highest BCUT2D eigenvalue weighted by molar-refractivity contribution is 14.1. The van der Waals surface area contributed by atoms with Gasteiger partial charge in [-0.15, -0.1) is 0 Å². The van der Waals surface area contributed by atoms with Crippen LogP contribution in [0.2, 0.25) is 0 Å². The second-order valence-electron chi connectivity index (χ2n) is 4.64. The standard InChI is InChI=1S/C16H11BrFIN2/c17-15-7-13(18)6-5-11(15)9-21-10-12(8-20-21)14-3-1-2-4-16(14)19/h1-8,10H,9H2. The first kappa shape index (κ1) is 14.7. The molecule has 21 heavy (non-hydrogen) atoms. The third kappa shape index (κ3) is 3.35. The van der Waals surface area contributed by atoms with Crippen LogP contribution in [0.25, 0.3) is 11.1 Å². The second kappa shape index (κ2) is 6.27. The first-order valence-electron chi connectivity index (χ1n) is 6.35. The molecule has 3 aromatic rings. The highest BCUT2D eigenvalue weighted by Gasteiger charge is 2.07. The van der Waals surface area contributed by atoms with E-state index in [2.05, 4.69) is 55.8 Å². The Morgan fingerprint density at radius 2 is 2.00 bits per heavy atom. The van der Waals surface area contributed by atoms with Crippen LogP contribution in [0, 0.1) is 9.39 Å². The average molecular weight is 457 g/mol. The van der Waals surface area contributed by atoms with E-state index in [1.54, 1.807) is 6.07 Å². The summed E-state index contributed by atoms with van der Waals surface area (Å²) in [7, 11) is 0. The summed E-state index contributed by atoms with van der Waals surface area (Å²) in [5, 5.41) is 4.39. The van der Waals surface area contributed by atoms with Gasteiger partial charge in [0.1, 0.15) is 5.82 Å². The van der Waals surface area contributed by atoms with Crippen molar-refractivity contribution in [3.63, 3.8) is 0 Å². The minimum Gasteiger partial charge on any atom is -0.268 e. The Labute approximate surface area is 144 Å². The van der Waals surface area contributed by atoms with E-state index in [4.69, 9.17) is 0 Å². The Morgan fingerprint density at radius 1 is 1.19 bits per heavy atom. The Hall–Kier alpha value is -1.21. The van der Waals surface area contributed by atoms with Crippen LogP contribution in [-0.4, -0.2) is 9.78 Å².